The third kappa shape index (κ3) is 32.9. The average Bonchev–Trinajstić information content (AvgIpc) is 4.44. The number of aryl methyl sites for hydroxylation is 2. The van der Waals surface area contributed by atoms with Crippen LogP contribution in [0.1, 0.15) is 144 Å². The van der Waals surface area contributed by atoms with Crippen molar-refractivity contribution >= 4 is 15.4 Å². The maximum Gasteiger partial charge on any atom is 0.158 e. The Kier molecular flexibility index (Phi) is 33.1. The predicted molar refractivity (Wildman–Crippen MR) is 337 cm³/mol. The highest BCUT2D eigenvalue weighted by Crippen LogP contribution is 2.24. The third-order valence-corrected chi connectivity index (χ3v) is 15.6. The average molecular weight is 1190 g/mol. The fourth-order valence-electron chi connectivity index (χ4n) is 8.63. The van der Waals surface area contributed by atoms with Gasteiger partial charge in [0.15, 0.2) is 6.29 Å². The van der Waals surface area contributed by atoms with Gasteiger partial charge >= 0.3 is 0 Å². The Morgan fingerprint density at radius 3 is 1.64 bits per heavy atom. The van der Waals surface area contributed by atoms with E-state index in [-0.39, 0.29) is 13.7 Å². The van der Waals surface area contributed by atoms with Crippen LogP contribution in [0.25, 0.3) is 16.9 Å². The Labute approximate surface area is 505 Å². The van der Waals surface area contributed by atoms with Gasteiger partial charge in [-0.3, -0.25) is 9.11 Å². The lowest BCUT2D eigenvalue weighted by atomic mass is 9.89. The molecule has 7 rings (SSSR count). The first-order chi connectivity index (χ1) is 39.7. The van der Waals surface area contributed by atoms with Crippen molar-refractivity contribution in [3.05, 3.63) is 89.6 Å². The molecule has 2 fully saturated rings. The fraction of sp³-hybridized carbons (Fsp3) is 0.703. The molecule has 2 aliphatic heterocycles. The zero-order valence-electron chi connectivity index (χ0n) is 52.4. The Morgan fingerprint density at radius 2 is 1.11 bits per heavy atom. The first-order valence-corrected chi connectivity index (χ1v) is 32.3. The van der Waals surface area contributed by atoms with E-state index >= 15 is 0 Å². The van der Waals surface area contributed by atoms with E-state index in [1.807, 2.05) is 23.3 Å². The van der Waals surface area contributed by atoms with Gasteiger partial charge in [0.05, 0.1) is 110 Å². The van der Waals surface area contributed by atoms with Crippen molar-refractivity contribution in [2.24, 2.45) is 16.2 Å². The van der Waals surface area contributed by atoms with Crippen LogP contribution in [0.5, 0.6) is 0 Å². The van der Waals surface area contributed by atoms with Crippen molar-refractivity contribution in [1.82, 2.24) is 49.9 Å². The molecule has 19 nitrogen and oxygen atoms in total. The summed E-state index contributed by atoms with van der Waals surface area (Å²) >= 11 is 0. The molecule has 0 spiro atoms. The maximum absolute atomic E-state index is 11.9. The van der Waals surface area contributed by atoms with Crippen molar-refractivity contribution in [3.8, 4) is 16.9 Å². The van der Waals surface area contributed by atoms with E-state index < -0.39 is 9.52 Å². The van der Waals surface area contributed by atoms with Crippen molar-refractivity contribution < 1.29 is 42.1 Å². The van der Waals surface area contributed by atoms with Crippen LogP contribution in [-0.2, 0) is 80.1 Å². The van der Waals surface area contributed by atoms with E-state index in [0.717, 1.165) is 99.9 Å². The van der Waals surface area contributed by atoms with E-state index in [1.54, 1.807) is 9.36 Å². The molecule has 1 unspecified atom stereocenters. The molecule has 0 aliphatic carbocycles. The Bertz CT molecular complexity index is 2570. The van der Waals surface area contributed by atoms with Crippen molar-refractivity contribution in [2.45, 2.75) is 167 Å². The topological polar surface area (TPSA) is 186 Å². The first kappa shape index (κ1) is 72.0. The number of hydrogen-bond donors (Lipinski definition) is 0. The summed E-state index contributed by atoms with van der Waals surface area (Å²) in [6.45, 7) is 34.9. The Balaban J connectivity index is 0.000000270. The SMILES string of the molecule is C.C=S1(=O)CCN(Cc2cn(CCOCCOCCOCCCC(C)(C)C)nn2)CC1.CC(C)(C)CCc1ccc(-n2cc(COC3CCCCO3)nn2)cc1.Cc1ccc(-c2cn(CCOCCOCCOCCCC(C)(C)C)nn2)cc1. The normalized spacial score (nSPS) is 15.7. The maximum atomic E-state index is 11.9. The summed E-state index contributed by atoms with van der Waals surface area (Å²) in [6.07, 6.45) is 15.8. The van der Waals surface area contributed by atoms with Crippen LogP contribution in [0.3, 0.4) is 0 Å². The molecule has 3 aromatic heterocycles. The van der Waals surface area contributed by atoms with Crippen LogP contribution in [0.15, 0.2) is 67.1 Å². The lowest BCUT2D eigenvalue weighted by molar-refractivity contribution is -0.169. The van der Waals surface area contributed by atoms with Crippen LogP contribution in [0.2, 0.25) is 0 Å². The van der Waals surface area contributed by atoms with E-state index in [0.29, 0.717) is 114 Å². The number of rotatable bonds is 33. The second-order valence-corrected chi connectivity index (χ2v) is 28.1. The van der Waals surface area contributed by atoms with Crippen LogP contribution in [0.4, 0.5) is 0 Å². The zero-order valence-corrected chi connectivity index (χ0v) is 53.2. The van der Waals surface area contributed by atoms with Gasteiger partial charge < -0.3 is 37.9 Å². The van der Waals surface area contributed by atoms with Crippen molar-refractivity contribution in [3.63, 3.8) is 0 Å². The van der Waals surface area contributed by atoms with Crippen LogP contribution in [0, 0.1) is 23.2 Å². The van der Waals surface area contributed by atoms with Crippen LogP contribution >= 0.6 is 0 Å². The van der Waals surface area contributed by atoms with E-state index in [2.05, 4.69) is 159 Å². The Morgan fingerprint density at radius 1 is 0.595 bits per heavy atom. The molecular formula is C64H108N10O9S. The lowest BCUT2D eigenvalue weighted by Crippen LogP contribution is -2.39. The molecule has 0 bridgehead atoms. The zero-order chi connectivity index (χ0) is 59.8. The van der Waals surface area contributed by atoms with Gasteiger partial charge in [-0.1, -0.05) is 127 Å². The number of ether oxygens (including phenoxy) is 8. The quantitative estimate of drug-likeness (QED) is 0.0285. The molecule has 5 aromatic rings. The largest absolute Gasteiger partial charge is 0.379 e. The summed E-state index contributed by atoms with van der Waals surface area (Å²) in [5.41, 5.74) is 8.44. The lowest BCUT2D eigenvalue weighted by Gasteiger charge is -2.27. The monoisotopic (exact) mass is 1190 g/mol. The van der Waals surface area contributed by atoms with Gasteiger partial charge in [0.2, 0.25) is 0 Å². The van der Waals surface area contributed by atoms with E-state index in [1.165, 1.54) is 36.8 Å². The molecule has 20 heteroatoms. The fourth-order valence-corrected chi connectivity index (χ4v) is 10.0. The first-order valence-electron chi connectivity index (χ1n) is 30.3. The molecule has 0 radical (unpaired) electrons. The number of benzene rings is 2. The second-order valence-electron chi connectivity index (χ2n) is 25.3. The van der Waals surface area contributed by atoms with Gasteiger partial charge in [0.1, 0.15) is 11.4 Å². The minimum absolute atomic E-state index is 0. The van der Waals surface area contributed by atoms with Crippen LogP contribution in [-0.4, -0.2) is 177 Å². The highest BCUT2D eigenvalue weighted by molar-refractivity contribution is 8.00. The second kappa shape index (κ2) is 38.6. The molecule has 1 atom stereocenters. The standard InChI is InChI=1S/C22H35N3O3.C21H40N4O4S.C20H29N3O2.CH4/c1-19-6-8-20(9-7-19)21-18-25(24-23-21)11-13-27-15-17-28-16-14-26-12-5-10-22(2,3)4;1-21(2,3)6-5-10-27-12-14-29-15-13-28-11-7-25-19-20(22-23-25)18-24-8-16-30(4,26)17-9-24;1-20(2,3)12-11-16-7-9-18(10-8-16)23-14-17(21-22-23)15-25-19-6-4-5-13-24-19;/h6-9,18H,5,10-17H2,1-4H3;19H,4-18H2,1-3H3;7-10,14,19H,4-6,11-13,15H2,1-3H3;1H4. The number of aromatic nitrogens is 9. The molecule has 474 valence electrons. The third-order valence-electron chi connectivity index (χ3n) is 13.7. The van der Waals surface area contributed by atoms with Crippen LogP contribution < -0.4 is 0 Å². The summed E-state index contributed by atoms with van der Waals surface area (Å²) < 4.78 is 62.1. The molecule has 0 amide bonds. The minimum Gasteiger partial charge on any atom is -0.379 e. The summed E-state index contributed by atoms with van der Waals surface area (Å²) in [6, 6.07) is 16.8. The Hall–Kier alpha value is -4.48. The van der Waals surface area contributed by atoms with Gasteiger partial charge in [-0.15, -0.1) is 15.3 Å². The molecular weight excluding hydrogens is 1080 g/mol. The molecule has 84 heavy (non-hydrogen) atoms. The van der Waals surface area contributed by atoms with Gasteiger partial charge in [-0.05, 0) is 114 Å². The number of nitrogens with zero attached hydrogens (tertiary/aromatic N) is 10. The van der Waals surface area contributed by atoms with E-state index in [9.17, 15) is 4.21 Å². The summed E-state index contributed by atoms with van der Waals surface area (Å²) in [5, 5.41) is 25.2. The molecule has 0 saturated carbocycles. The summed E-state index contributed by atoms with van der Waals surface area (Å²) in [4.78, 5) is 2.25. The van der Waals surface area contributed by atoms with Gasteiger partial charge in [0.25, 0.3) is 0 Å². The van der Waals surface area contributed by atoms with Gasteiger partial charge in [0, 0.05) is 62.7 Å². The number of hydrogen-bond acceptors (Lipinski definition) is 16. The van der Waals surface area contributed by atoms with E-state index in [4.69, 9.17) is 37.9 Å². The van der Waals surface area contributed by atoms with Gasteiger partial charge in [-0.25, -0.2) is 14.0 Å². The molecule has 5 heterocycles. The minimum atomic E-state index is -1.85. The molecule has 0 N–H and O–H groups in total. The molecule has 2 aromatic carbocycles. The predicted octanol–water partition coefficient (Wildman–Crippen LogP) is 10.7. The highest BCUT2D eigenvalue weighted by Gasteiger charge is 2.19. The molecule has 2 saturated heterocycles. The highest BCUT2D eigenvalue weighted by atomic mass is 32.2. The van der Waals surface area contributed by atoms with Crippen molar-refractivity contribution in [2.75, 3.05) is 110 Å². The summed E-state index contributed by atoms with van der Waals surface area (Å²) in [7, 11) is -1.85. The smallest absolute Gasteiger partial charge is 0.158 e. The summed E-state index contributed by atoms with van der Waals surface area (Å²) in [5.74, 6) is 5.14. The van der Waals surface area contributed by atoms with Crippen molar-refractivity contribution in [1.29, 1.82) is 0 Å². The van der Waals surface area contributed by atoms with Gasteiger partial charge in [-0.2, -0.15) is 0 Å². The molecule has 2 aliphatic rings.